The van der Waals surface area contributed by atoms with Crippen molar-refractivity contribution in [1.82, 2.24) is 13.9 Å². The van der Waals surface area contributed by atoms with E-state index in [1.54, 1.807) is 0 Å². The van der Waals surface area contributed by atoms with Crippen molar-refractivity contribution >= 4 is 10.2 Å². The predicted molar refractivity (Wildman–Crippen MR) is 67.6 cm³/mol. The third kappa shape index (κ3) is 5.25. The first-order valence-electron chi connectivity index (χ1n) is 5.99. The molecule has 1 rings (SSSR count). The lowest BCUT2D eigenvalue weighted by Gasteiger charge is -2.31. The van der Waals surface area contributed by atoms with Crippen LogP contribution in [0.2, 0.25) is 0 Å². The monoisotopic (exact) mass is 251 g/mol. The highest BCUT2D eigenvalue weighted by atomic mass is 32.2. The van der Waals surface area contributed by atoms with Gasteiger partial charge in [-0.05, 0) is 13.5 Å². The Hall–Kier alpha value is -0.170. The van der Waals surface area contributed by atoms with Crippen molar-refractivity contribution in [2.75, 3.05) is 39.8 Å². The Morgan fingerprint density at radius 2 is 1.62 bits per heavy atom. The molecule has 0 bridgehead atoms. The molecule has 0 amide bonds. The molecule has 98 valence electrons. The molecular weight excluding hydrogens is 226 g/mol. The summed E-state index contributed by atoms with van der Waals surface area (Å²) in [6.45, 7) is 9.28. The number of rotatable bonds is 4. The van der Waals surface area contributed by atoms with Crippen LogP contribution in [0.5, 0.6) is 0 Å². The highest BCUT2D eigenvalue weighted by Crippen LogP contribution is 2.03. The van der Waals surface area contributed by atoms with Gasteiger partial charge in [0.1, 0.15) is 0 Å². The molecule has 5 nitrogen and oxygen atoms in total. The SMILES string of the molecule is CC.CCCNS(=O)(=O)N1CCN(C)CC1. The highest BCUT2D eigenvalue weighted by Gasteiger charge is 2.24. The van der Waals surface area contributed by atoms with Crippen molar-refractivity contribution in [3.05, 3.63) is 0 Å². The second-order valence-corrected chi connectivity index (χ2v) is 5.36. The van der Waals surface area contributed by atoms with Gasteiger partial charge in [-0.25, -0.2) is 4.72 Å². The second kappa shape index (κ2) is 8.00. The lowest BCUT2D eigenvalue weighted by atomic mass is 10.4. The Labute approximate surface area is 100.0 Å². The fourth-order valence-electron chi connectivity index (χ4n) is 1.35. The lowest BCUT2D eigenvalue weighted by Crippen LogP contribution is -2.50. The van der Waals surface area contributed by atoms with Crippen LogP contribution in [-0.4, -0.2) is 57.4 Å². The Balaban J connectivity index is 0.00000106. The summed E-state index contributed by atoms with van der Waals surface area (Å²) >= 11 is 0. The van der Waals surface area contributed by atoms with Crippen molar-refractivity contribution in [3.8, 4) is 0 Å². The maximum Gasteiger partial charge on any atom is 0.279 e. The molecule has 0 atom stereocenters. The zero-order chi connectivity index (χ0) is 12.6. The highest BCUT2D eigenvalue weighted by molar-refractivity contribution is 7.87. The molecule has 0 spiro atoms. The largest absolute Gasteiger partial charge is 0.304 e. The van der Waals surface area contributed by atoms with E-state index < -0.39 is 10.2 Å². The van der Waals surface area contributed by atoms with E-state index in [0.717, 1.165) is 19.5 Å². The molecule has 1 fully saturated rings. The number of likely N-dealkylation sites (N-methyl/N-ethyl adjacent to an activating group) is 1. The van der Waals surface area contributed by atoms with Gasteiger partial charge >= 0.3 is 0 Å². The Morgan fingerprint density at radius 3 is 2.06 bits per heavy atom. The zero-order valence-corrected chi connectivity index (χ0v) is 11.7. The van der Waals surface area contributed by atoms with Gasteiger partial charge in [0.25, 0.3) is 10.2 Å². The lowest BCUT2D eigenvalue weighted by molar-refractivity contribution is 0.221. The molecule has 6 heteroatoms. The number of nitrogens with zero attached hydrogens (tertiary/aromatic N) is 2. The van der Waals surface area contributed by atoms with Crippen molar-refractivity contribution in [3.63, 3.8) is 0 Å². The first kappa shape index (κ1) is 15.8. The molecule has 1 saturated heterocycles. The first-order valence-corrected chi connectivity index (χ1v) is 7.43. The quantitative estimate of drug-likeness (QED) is 0.792. The van der Waals surface area contributed by atoms with Gasteiger partial charge in [-0.15, -0.1) is 0 Å². The number of hydrogen-bond donors (Lipinski definition) is 1. The number of nitrogens with one attached hydrogen (secondary N) is 1. The third-order valence-corrected chi connectivity index (χ3v) is 3.95. The van der Waals surface area contributed by atoms with Crippen LogP contribution < -0.4 is 4.72 Å². The van der Waals surface area contributed by atoms with Crippen molar-refractivity contribution < 1.29 is 8.42 Å². The van der Waals surface area contributed by atoms with Crippen molar-refractivity contribution in [2.45, 2.75) is 27.2 Å². The molecule has 0 aromatic carbocycles. The molecule has 0 aromatic heterocycles. The van der Waals surface area contributed by atoms with E-state index in [2.05, 4.69) is 9.62 Å². The standard InChI is InChI=1S/C8H19N3O2S.C2H6/c1-3-4-9-14(12,13)11-7-5-10(2)6-8-11;1-2/h9H,3-8H2,1-2H3;1-2H3. The minimum absolute atomic E-state index is 0.522. The molecular formula is C10H25N3O2S. The van der Waals surface area contributed by atoms with Crippen LogP contribution in [0.15, 0.2) is 0 Å². The summed E-state index contributed by atoms with van der Waals surface area (Å²) in [5, 5.41) is 0. The van der Waals surface area contributed by atoms with E-state index in [-0.39, 0.29) is 0 Å². The van der Waals surface area contributed by atoms with E-state index in [4.69, 9.17) is 0 Å². The summed E-state index contributed by atoms with van der Waals surface area (Å²) < 4.78 is 27.4. The average molecular weight is 251 g/mol. The molecule has 1 heterocycles. The van der Waals surface area contributed by atoms with E-state index >= 15 is 0 Å². The fraction of sp³-hybridized carbons (Fsp3) is 1.00. The van der Waals surface area contributed by atoms with Crippen molar-refractivity contribution in [2.24, 2.45) is 0 Å². The van der Waals surface area contributed by atoms with E-state index in [9.17, 15) is 8.42 Å². The Kier molecular flexibility index (Phi) is 7.91. The summed E-state index contributed by atoms with van der Waals surface area (Å²) in [4.78, 5) is 2.13. The van der Waals surface area contributed by atoms with Crippen LogP contribution >= 0.6 is 0 Å². The normalized spacial score (nSPS) is 19.0. The Bertz CT molecular complexity index is 259. The van der Waals surface area contributed by atoms with Crippen LogP contribution in [0.4, 0.5) is 0 Å². The maximum absolute atomic E-state index is 11.6. The van der Waals surface area contributed by atoms with E-state index in [1.165, 1.54) is 4.31 Å². The molecule has 0 radical (unpaired) electrons. The first-order chi connectivity index (χ1) is 7.56. The molecule has 16 heavy (non-hydrogen) atoms. The number of piperazine rings is 1. The van der Waals surface area contributed by atoms with Gasteiger partial charge in [0, 0.05) is 32.7 Å². The van der Waals surface area contributed by atoms with Gasteiger partial charge in [-0.1, -0.05) is 20.8 Å². The number of hydrogen-bond acceptors (Lipinski definition) is 3. The van der Waals surface area contributed by atoms with Gasteiger partial charge in [-0.3, -0.25) is 0 Å². The topological polar surface area (TPSA) is 52.7 Å². The molecule has 0 aliphatic carbocycles. The zero-order valence-electron chi connectivity index (χ0n) is 10.9. The van der Waals surface area contributed by atoms with Gasteiger partial charge < -0.3 is 4.90 Å². The maximum atomic E-state index is 11.6. The minimum atomic E-state index is -3.21. The van der Waals surface area contributed by atoms with Crippen LogP contribution in [0.25, 0.3) is 0 Å². The third-order valence-electron chi connectivity index (χ3n) is 2.34. The van der Waals surface area contributed by atoms with Gasteiger partial charge in [0.2, 0.25) is 0 Å². The smallest absolute Gasteiger partial charge is 0.279 e. The summed E-state index contributed by atoms with van der Waals surface area (Å²) in [5.41, 5.74) is 0. The van der Waals surface area contributed by atoms with Crippen LogP contribution in [0.1, 0.15) is 27.2 Å². The fourth-order valence-corrected chi connectivity index (χ4v) is 2.64. The molecule has 1 aliphatic rings. The van der Waals surface area contributed by atoms with Gasteiger partial charge in [0.15, 0.2) is 0 Å². The molecule has 1 N–H and O–H groups in total. The molecule has 0 unspecified atom stereocenters. The van der Waals surface area contributed by atoms with E-state index in [0.29, 0.717) is 19.6 Å². The second-order valence-electron chi connectivity index (χ2n) is 3.60. The summed E-state index contributed by atoms with van der Waals surface area (Å²) in [6, 6.07) is 0. The minimum Gasteiger partial charge on any atom is -0.304 e. The van der Waals surface area contributed by atoms with E-state index in [1.807, 2.05) is 27.8 Å². The van der Waals surface area contributed by atoms with Crippen LogP contribution in [0.3, 0.4) is 0 Å². The summed E-state index contributed by atoms with van der Waals surface area (Å²) in [6.07, 6.45) is 0.826. The average Bonchev–Trinajstić information content (AvgIpc) is 2.30. The van der Waals surface area contributed by atoms with Crippen molar-refractivity contribution in [1.29, 1.82) is 0 Å². The summed E-state index contributed by atoms with van der Waals surface area (Å²) in [5.74, 6) is 0. The summed E-state index contributed by atoms with van der Waals surface area (Å²) in [7, 11) is -1.21. The molecule has 0 saturated carbocycles. The molecule has 0 aromatic rings. The van der Waals surface area contributed by atoms with Crippen LogP contribution in [0, 0.1) is 0 Å². The Morgan fingerprint density at radius 1 is 1.12 bits per heavy atom. The molecule has 1 aliphatic heterocycles. The van der Waals surface area contributed by atoms with Gasteiger partial charge in [0.05, 0.1) is 0 Å². The van der Waals surface area contributed by atoms with Crippen LogP contribution in [-0.2, 0) is 10.2 Å². The predicted octanol–water partition coefficient (Wildman–Crippen LogP) is 0.504. The van der Waals surface area contributed by atoms with Gasteiger partial charge in [-0.2, -0.15) is 12.7 Å².